The second-order valence-corrected chi connectivity index (χ2v) is 11.0. The number of carboxylic acids is 1. The summed E-state index contributed by atoms with van der Waals surface area (Å²) in [5.41, 5.74) is 2.96. The number of phenols is 2. The third-order valence-electron chi connectivity index (χ3n) is 5.36. The number of aliphatic carboxylic acids is 1. The van der Waals surface area contributed by atoms with Crippen molar-refractivity contribution in [2.24, 2.45) is 0 Å². The number of carboxylic acid groups (broad SMARTS) is 1. The van der Waals surface area contributed by atoms with Gasteiger partial charge in [-0.1, -0.05) is 29.5 Å². The van der Waals surface area contributed by atoms with Crippen molar-refractivity contribution in [3.05, 3.63) is 76.3 Å². The highest BCUT2D eigenvalue weighted by Crippen LogP contribution is 2.32. The average molecular weight is 511 g/mol. The summed E-state index contributed by atoms with van der Waals surface area (Å²) in [5.74, 6) is 4.33. The molecule has 1 unspecified atom stereocenters. The standard InChI is InChI=1S/C25H22N2O6S2/c1-15-2-4-16(5-3-15)6-8-19-9-11-23(34-19)35(32,33)27-21(25(30)31)10-7-17-14-26-24-20(17)12-18(28)13-22(24)29/h2-5,9,11-14,21,26-29H,7,10H2,1H3,(H,30,31). The van der Waals surface area contributed by atoms with Crippen LogP contribution in [0.25, 0.3) is 10.9 Å². The first-order chi connectivity index (χ1) is 16.6. The Hall–Kier alpha value is -3.78. The number of carbonyl (C=O) groups is 1. The molecule has 0 aliphatic carbocycles. The van der Waals surface area contributed by atoms with E-state index in [-0.39, 0.29) is 28.5 Å². The molecule has 35 heavy (non-hydrogen) atoms. The molecule has 5 N–H and O–H groups in total. The van der Waals surface area contributed by atoms with Crippen molar-refractivity contribution >= 4 is 38.2 Å². The maximum absolute atomic E-state index is 12.9. The van der Waals surface area contributed by atoms with Gasteiger partial charge in [-0.15, -0.1) is 11.3 Å². The highest BCUT2D eigenvalue weighted by Gasteiger charge is 2.27. The topological polar surface area (TPSA) is 140 Å². The van der Waals surface area contributed by atoms with Crippen molar-refractivity contribution in [3.8, 4) is 23.3 Å². The molecule has 0 saturated carbocycles. The molecule has 0 spiro atoms. The summed E-state index contributed by atoms with van der Waals surface area (Å²) in [6.07, 6.45) is 1.75. The van der Waals surface area contributed by atoms with Gasteiger partial charge in [0.05, 0.1) is 10.4 Å². The Labute approximate surface area is 205 Å². The summed E-state index contributed by atoms with van der Waals surface area (Å²) < 4.78 is 27.9. The monoisotopic (exact) mass is 510 g/mol. The quantitative estimate of drug-likeness (QED) is 0.240. The zero-order chi connectivity index (χ0) is 25.2. The molecule has 0 amide bonds. The summed E-state index contributed by atoms with van der Waals surface area (Å²) in [7, 11) is -4.09. The van der Waals surface area contributed by atoms with Crippen LogP contribution in [0, 0.1) is 18.8 Å². The Bertz CT molecular complexity index is 1560. The number of hydrogen-bond acceptors (Lipinski definition) is 6. The van der Waals surface area contributed by atoms with Crippen LogP contribution < -0.4 is 4.72 Å². The number of fused-ring (bicyclic) bond motifs is 1. The maximum atomic E-state index is 12.9. The number of thiophene rings is 1. The fourth-order valence-electron chi connectivity index (χ4n) is 3.54. The molecule has 0 bridgehead atoms. The van der Waals surface area contributed by atoms with Gasteiger partial charge in [0.25, 0.3) is 10.0 Å². The van der Waals surface area contributed by atoms with Crippen LogP contribution in [0.5, 0.6) is 11.5 Å². The van der Waals surface area contributed by atoms with Crippen LogP contribution in [0.3, 0.4) is 0 Å². The van der Waals surface area contributed by atoms with E-state index in [1.807, 2.05) is 31.2 Å². The molecular formula is C25H22N2O6S2. The minimum absolute atomic E-state index is 0.0288. The summed E-state index contributed by atoms with van der Waals surface area (Å²) in [4.78, 5) is 15.2. The van der Waals surface area contributed by atoms with E-state index in [0.29, 0.717) is 21.3 Å². The largest absolute Gasteiger partial charge is 0.508 e. The fraction of sp³-hybridized carbons (Fsp3) is 0.160. The van der Waals surface area contributed by atoms with E-state index in [0.717, 1.165) is 22.5 Å². The Morgan fingerprint density at radius 2 is 1.86 bits per heavy atom. The first kappa shape index (κ1) is 24.3. The van der Waals surface area contributed by atoms with Crippen LogP contribution in [-0.4, -0.2) is 40.7 Å². The maximum Gasteiger partial charge on any atom is 0.321 e. The van der Waals surface area contributed by atoms with E-state index in [9.17, 15) is 28.5 Å². The number of aromatic nitrogens is 1. The lowest BCUT2D eigenvalue weighted by Gasteiger charge is -2.14. The molecule has 1 atom stereocenters. The molecule has 4 aromatic rings. The molecule has 0 saturated heterocycles. The smallest absolute Gasteiger partial charge is 0.321 e. The van der Waals surface area contributed by atoms with Gasteiger partial charge in [-0.3, -0.25) is 4.79 Å². The van der Waals surface area contributed by atoms with Crippen molar-refractivity contribution < 1.29 is 28.5 Å². The van der Waals surface area contributed by atoms with Gasteiger partial charge in [0.15, 0.2) is 0 Å². The fourth-order valence-corrected chi connectivity index (χ4v) is 5.94. The molecule has 2 heterocycles. The summed E-state index contributed by atoms with van der Waals surface area (Å²) in [6.45, 7) is 1.97. The Morgan fingerprint density at radius 3 is 2.57 bits per heavy atom. The minimum Gasteiger partial charge on any atom is -0.508 e. The van der Waals surface area contributed by atoms with Gasteiger partial charge in [-0.2, -0.15) is 4.72 Å². The van der Waals surface area contributed by atoms with Crippen molar-refractivity contribution in [3.63, 3.8) is 0 Å². The first-order valence-electron chi connectivity index (χ1n) is 10.6. The van der Waals surface area contributed by atoms with Crippen molar-refractivity contribution in [2.45, 2.75) is 30.0 Å². The van der Waals surface area contributed by atoms with E-state index >= 15 is 0 Å². The molecular weight excluding hydrogens is 488 g/mol. The summed E-state index contributed by atoms with van der Waals surface area (Å²) in [6, 6.07) is 11.9. The normalized spacial score (nSPS) is 12.3. The Kier molecular flexibility index (Phi) is 6.84. The minimum atomic E-state index is -4.09. The number of aromatic hydroxyl groups is 2. The average Bonchev–Trinajstić information content (AvgIpc) is 3.44. The molecule has 10 heteroatoms. The van der Waals surface area contributed by atoms with Crippen LogP contribution in [0.2, 0.25) is 0 Å². The molecule has 0 fully saturated rings. The molecule has 0 aliphatic rings. The van der Waals surface area contributed by atoms with Crippen LogP contribution in [0.1, 0.15) is 28.0 Å². The zero-order valence-electron chi connectivity index (χ0n) is 18.6. The lowest BCUT2D eigenvalue weighted by atomic mass is 10.0. The lowest BCUT2D eigenvalue weighted by molar-refractivity contribution is -0.139. The van der Waals surface area contributed by atoms with Gasteiger partial charge >= 0.3 is 5.97 Å². The van der Waals surface area contributed by atoms with Crippen LogP contribution in [0.15, 0.2) is 58.9 Å². The van der Waals surface area contributed by atoms with Crippen LogP contribution >= 0.6 is 11.3 Å². The number of rotatable bonds is 7. The summed E-state index contributed by atoms with van der Waals surface area (Å²) >= 11 is 0.959. The van der Waals surface area contributed by atoms with Crippen LogP contribution in [0.4, 0.5) is 0 Å². The number of benzene rings is 2. The van der Waals surface area contributed by atoms with E-state index in [4.69, 9.17) is 0 Å². The van der Waals surface area contributed by atoms with Gasteiger partial charge in [-0.25, -0.2) is 8.42 Å². The number of nitrogens with one attached hydrogen (secondary N) is 2. The molecule has 2 aromatic carbocycles. The van der Waals surface area contributed by atoms with E-state index in [1.54, 1.807) is 12.3 Å². The number of aromatic amines is 1. The van der Waals surface area contributed by atoms with Gasteiger partial charge in [0.2, 0.25) is 0 Å². The van der Waals surface area contributed by atoms with Crippen molar-refractivity contribution in [2.75, 3.05) is 0 Å². The van der Waals surface area contributed by atoms with Gasteiger partial charge in [0, 0.05) is 23.2 Å². The number of aryl methyl sites for hydroxylation is 2. The predicted octanol–water partition coefficient (Wildman–Crippen LogP) is 3.71. The second kappa shape index (κ2) is 9.84. The Morgan fingerprint density at radius 1 is 1.11 bits per heavy atom. The third-order valence-corrected chi connectivity index (χ3v) is 8.33. The third kappa shape index (κ3) is 5.66. The van der Waals surface area contributed by atoms with Gasteiger partial charge < -0.3 is 20.3 Å². The highest BCUT2D eigenvalue weighted by molar-refractivity contribution is 7.91. The van der Waals surface area contributed by atoms with Crippen molar-refractivity contribution in [1.29, 1.82) is 0 Å². The van der Waals surface area contributed by atoms with Gasteiger partial charge in [-0.05, 0) is 55.7 Å². The molecule has 0 aliphatic heterocycles. The molecule has 180 valence electrons. The van der Waals surface area contributed by atoms with E-state index < -0.39 is 22.0 Å². The van der Waals surface area contributed by atoms with E-state index in [2.05, 4.69) is 21.5 Å². The SMILES string of the molecule is Cc1ccc(C#Cc2ccc(S(=O)(=O)NC(CCc3c[nH]c4c(O)cc(O)cc34)C(=O)O)s2)cc1. The first-order valence-corrected chi connectivity index (χ1v) is 12.9. The van der Waals surface area contributed by atoms with Gasteiger partial charge in [0.1, 0.15) is 21.8 Å². The predicted molar refractivity (Wildman–Crippen MR) is 133 cm³/mol. The number of H-pyrrole nitrogens is 1. The highest BCUT2D eigenvalue weighted by atomic mass is 32.2. The summed E-state index contributed by atoms with van der Waals surface area (Å²) in [5, 5.41) is 29.8. The zero-order valence-corrected chi connectivity index (χ0v) is 20.2. The molecule has 2 aromatic heterocycles. The molecule has 4 rings (SSSR count). The van der Waals surface area contributed by atoms with Crippen LogP contribution in [-0.2, 0) is 21.2 Å². The number of hydrogen-bond donors (Lipinski definition) is 5. The molecule has 8 nitrogen and oxygen atoms in total. The lowest BCUT2D eigenvalue weighted by Crippen LogP contribution is -2.40. The Balaban J connectivity index is 1.47. The van der Waals surface area contributed by atoms with E-state index in [1.165, 1.54) is 18.2 Å². The number of phenolic OH excluding ortho intramolecular Hbond substituents is 2. The number of sulfonamides is 1. The van der Waals surface area contributed by atoms with Crippen molar-refractivity contribution in [1.82, 2.24) is 9.71 Å². The second-order valence-electron chi connectivity index (χ2n) is 7.99. The molecule has 0 radical (unpaired) electrons.